The van der Waals surface area contributed by atoms with Crippen molar-refractivity contribution in [3.63, 3.8) is 0 Å². The van der Waals surface area contributed by atoms with Crippen LogP contribution >= 0.6 is 0 Å². The van der Waals surface area contributed by atoms with E-state index in [0.717, 1.165) is 36.5 Å². The number of ether oxygens (including phenoxy) is 1. The number of piperidine rings is 1. The highest BCUT2D eigenvalue weighted by Crippen LogP contribution is 2.23. The third-order valence-corrected chi connectivity index (χ3v) is 5.14. The molecule has 1 aliphatic rings. The van der Waals surface area contributed by atoms with Gasteiger partial charge in [-0.05, 0) is 33.1 Å². The van der Waals surface area contributed by atoms with Crippen molar-refractivity contribution < 1.29 is 9.53 Å². The van der Waals surface area contributed by atoms with E-state index in [4.69, 9.17) is 14.7 Å². The molecule has 1 amide bonds. The highest BCUT2D eigenvalue weighted by atomic mass is 16.6. The van der Waals surface area contributed by atoms with Crippen LogP contribution in [0.15, 0.2) is 36.4 Å². The lowest BCUT2D eigenvalue weighted by molar-refractivity contribution is 0.0983. The first kappa shape index (κ1) is 20.9. The van der Waals surface area contributed by atoms with Crippen molar-refractivity contribution in [1.82, 2.24) is 14.9 Å². The van der Waals surface area contributed by atoms with E-state index in [-0.39, 0.29) is 12.1 Å². The van der Waals surface area contributed by atoms with Gasteiger partial charge in [0.1, 0.15) is 11.6 Å². The average Bonchev–Trinajstić information content (AvgIpc) is 2.75. The number of rotatable bonds is 7. The molecule has 1 aromatic heterocycles. The van der Waals surface area contributed by atoms with E-state index in [9.17, 15) is 4.79 Å². The van der Waals surface area contributed by atoms with Gasteiger partial charge in [-0.3, -0.25) is 0 Å². The standard InChI is InChI=1S/C22H31N5O2/c1-4-16(3)23-19-15-20(26-21(25-19)17-9-7-6-8-10-17)24-18-11-13-27(14-12-18)22(28)29-5-2/h6-10,15-16,18H,4-5,11-14H2,1-3H3,(H2,23,24,25,26). The Kier molecular flexibility index (Phi) is 7.27. The van der Waals surface area contributed by atoms with Crippen LogP contribution in [0.4, 0.5) is 16.4 Å². The molecule has 7 nitrogen and oxygen atoms in total. The molecule has 0 bridgehead atoms. The fourth-order valence-electron chi connectivity index (χ4n) is 3.30. The van der Waals surface area contributed by atoms with E-state index in [2.05, 4.69) is 24.5 Å². The van der Waals surface area contributed by atoms with Crippen LogP contribution in [0.25, 0.3) is 11.4 Å². The summed E-state index contributed by atoms with van der Waals surface area (Å²) in [5.41, 5.74) is 0.987. The van der Waals surface area contributed by atoms with Crippen LogP contribution < -0.4 is 10.6 Å². The van der Waals surface area contributed by atoms with Gasteiger partial charge in [-0.1, -0.05) is 37.3 Å². The van der Waals surface area contributed by atoms with Crippen molar-refractivity contribution in [2.24, 2.45) is 0 Å². The Bertz CT molecular complexity index is 791. The molecule has 1 atom stereocenters. The zero-order chi connectivity index (χ0) is 20.6. The van der Waals surface area contributed by atoms with Gasteiger partial charge in [0.2, 0.25) is 0 Å². The zero-order valence-electron chi connectivity index (χ0n) is 17.5. The van der Waals surface area contributed by atoms with Gasteiger partial charge < -0.3 is 20.3 Å². The van der Waals surface area contributed by atoms with Crippen LogP contribution in [0.3, 0.4) is 0 Å². The summed E-state index contributed by atoms with van der Waals surface area (Å²) in [6, 6.07) is 12.6. The number of hydrogen-bond donors (Lipinski definition) is 2. The topological polar surface area (TPSA) is 79.4 Å². The van der Waals surface area contributed by atoms with Gasteiger partial charge in [0, 0.05) is 36.8 Å². The Morgan fingerprint density at radius 1 is 1.17 bits per heavy atom. The van der Waals surface area contributed by atoms with Gasteiger partial charge in [0.25, 0.3) is 0 Å². The number of likely N-dealkylation sites (tertiary alicyclic amines) is 1. The number of amides is 1. The van der Waals surface area contributed by atoms with Crippen LogP contribution in [0.2, 0.25) is 0 Å². The van der Waals surface area contributed by atoms with Crippen LogP contribution in [0, 0.1) is 0 Å². The third kappa shape index (κ3) is 5.82. The van der Waals surface area contributed by atoms with Gasteiger partial charge in [-0.25, -0.2) is 14.8 Å². The van der Waals surface area contributed by atoms with Crippen molar-refractivity contribution in [3.05, 3.63) is 36.4 Å². The van der Waals surface area contributed by atoms with Crippen molar-refractivity contribution in [2.75, 3.05) is 30.3 Å². The Balaban J connectivity index is 1.73. The monoisotopic (exact) mass is 397 g/mol. The van der Waals surface area contributed by atoms with Crippen LogP contribution in [-0.2, 0) is 4.74 Å². The lowest BCUT2D eigenvalue weighted by Crippen LogP contribution is -2.42. The summed E-state index contributed by atoms with van der Waals surface area (Å²) in [6.07, 6.45) is 2.51. The minimum atomic E-state index is -0.223. The lowest BCUT2D eigenvalue weighted by Gasteiger charge is -2.32. The van der Waals surface area contributed by atoms with E-state index in [1.54, 1.807) is 4.90 Å². The van der Waals surface area contributed by atoms with Crippen molar-refractivity contribution in [2.45, 2.75) is 52.1 Å². The molecule has 2 N–H and O–H groups in total. The van der Waals surface area contributed by atoms with E-state index in [0.29, 0.717) is 31.6 Å². The first-order valence-electron chi connectivity index (χ1n) is 10.5. The molecular formula is C22H31N5O2. The van der Waals surface area contributed by atoms with Crippen molar-refractivity contribution in [1.29, 1.82) is 0 Å². The minimum absolute atomic E-state index is 0.223. The molecule has 156 valence electrons. The number of hydrogen-bond acceptors (Lipinski definition) is 6. The number of aromatic nitrogens is 2. The lowest BCUT2D eigenvalue weighted by atomic mass is 10.1. The fraction of sp³-hybridized carbons (Fsp3) is 0.500. The van der Waals surface area contributed by atoms with Crippen LogP contribution in [0.1, 0.15) is 40.0 Å². The first-order valence-corrected chi connectivity index (χ1v) is 10.5. The molecule has 1 saturated heterocycles. The zero-order valence-corrected chi connectivity index (χ0v) is 17.5. The number of carbonyl (C=O) groups excluding carboxylic acids is 1. The summed E-state index contributed by atoms with van der Waals surface area (Å²) < 4.78 is 5.10. The highest BCUT2D eigenvalue weighted by Gasteiger charge is 2.24. The number of carbonyl (C=O) groups is 1. The quantitative estimate of drug-likeness (QED) is 0.721. The average molecular weight is 398 g/mol. The molecule has 0 aliphatic carbocycles. The molecule has 2 aromatic rings. The summed E-state index contributed by atoms with van der Waals surface area (Å²) in [5, 5.41) is 7.00. The molecular weight excluding hydrogens is 366 g/mol. The molecule has 0 spiro atoms. The Labute approximate surface area is 172 Å². The molecule has 1 aliphatic heterocycles. The predicted octanol–water partition coefficient (Wildman–Crippen LogP) is 4.39. The van der Waals surface area contributed by atoms with Crippen LogP contribution in [-0.4, -0.2) is 52.7 Å². The van der Waals surface area contributed by atoms with Gasteiger partial charge in [-0.15, -0.1) is 0 Å². The molecule has 1 fully saturated rings. The normalized spacial score (nSPS) is 15.6. The molecule has 0 radical (unpaired) electrons. The predicted molar refractivity (Wildman–Crippen MR) is 116 cm³/mol. The molecule has 0 saturated carbocycles. The van der Waals surface area contributed by atoms with E-state index < -0.39 is 0 Å². The molecule has 1 unspecified atom stereocenters. The SMILES string of the molecule is CCOC(=O)N1CCC(Nc2cc(NC(C)CC)nc(-c3ccccc3)n2)CC1. The largest absolute Gasteiger partial charge is 0.450 e. The molecule has 2 heterocycles. The third-order valence-electron chi connectivity index (χ3n) is 5.14. The van der Waals surface area contributed by atoms with E-state index >= 15 is 0 Å². The second-order valence-electron chi connectivity index (χ2n) is 7.39. The molecule has 29 heavy (non-hydrogen) atoms. The van der Waals surface area contributed by atoms with Crippen molar-refractivity contribution >= 4 is 17.7 Å². The minimum Gasteiger partial charge on any atom is -0.450 e. The maximum atomic E-state index is 11.9. The number of benzene rings is 1. The summed E-state index contributed by atoms with van der Waals surface area (Å²) in [7, 11) is 0. The van der Waals surface area contributed by atoms with E-state index in [1.165, 1.54) is 0 Å². The summed E-state index contributed by atoms with van der Waals surface area (Å²) in [4.78, 5) is 23.1. The molecule has 7 heteroatoms. The maximum Gasteiger partial charge on any atom is 0.409 e. The number of nitrogens with zero attached hydrogens (tertiary/aromatic N) is 3. The van der Waals surface area contributed by atoms with Gasteiger partial charge in [0.15, 0.2) is 5.82 Å². The van der Waals surface area contributed by atoms with E-state index in [1.807, 2.05) is 43.3 Å². The van der Waals surface area contributed by atoms with Gasteiger partial charge in [-0.2, -0.15) is 0 Å². The fourth-order valence-corrected chi connectivity index (χ4v) is 3.30. The molecule has 1 aromatic carbocycles. The molecule has 3 rings (SSSR count). The second kappa shape index (κ2) is 10.1. The van der Waals surface area contributed by atoms with Crippen molar-refractivity contribution in [3.8, 4) is 11.4 Å². The second-order valence-corrected chi connectivity index (χ2v) is 7.39. The number of anilines is 2. The summed E-state index contributed by atoms with van der Waals surface area (Å²) in [6.45, 7) is 7.90. The smallest absolute Gasteiger partial charge is 0.409 e. The summed E-state index contributed by atoms with van der Waals surface area (Å²) in [5.74, 6) is 2.32. The first-order chi connectivity index (χ1) is 14.1. The Hall–Kier alpha value is -2.83. The van der Waals surface area contributed by atoms with Gasteiger partial charge in [0.05, 0.1) is 6.61 Å². The summed E-state index contributed by atoms with van der Waals surface area (Å²) >= 11 is 0. The Morgan fingerprint density at radius 2 is 1.86 bits per heavy atom. The Morgan fingerprint density at radius 3 is 2.52 bits per heavy atom. The van der Waals surface area contributed by atoms with Gasteiger partial charge >= 0.3 is 6.09 Å². The van der Waals surface area contributed by atoms with Crippen LogP contribution in [0.5, 0.6) is 0 Å². The maximum absolute atomic E-state index is 11.9. The highest BCUT2D eigenvalue weighted by molar-refractivity contribution is 5.67. The number of nitrogens with one attached hydrogen (secondary N) is 2.